The van der Waals surface area contributed by atoms with E-state index in [9.17, 15) is 13.2 Å². The van der Waals surface area contributed by atoms with Gasteiger partial charge in [0.05, 0.1) is 19.2 Å². The van der Waals surface area contributed by atoms with Gasteiger partial charge in [-0.15, -0.1) is 0 Å². The van der Waals surface area contributed by atoms with Crippen molar-refractivity contribution in [2.24, 2.45) is 0 Å². The highest BCUT2D eigenvalue weighted by Crippen LogP contribution is 2.35. The van der Waals surface area contributed by atoms with Gasteiger partial charge in [-0.05, 0) is 31.2 Å². The molecule has 0 saturated heterocycles. The summed E-state index contributed by atoms with van der Waals surface area (Å²) in [4.78, 5) is 11.2. The minimum atomic E-state index is -3.94. The number of sulfonamides is 1. The molecule has 2 aromatic carbocycles. The number of carbonyl (C=O) groups excluding carboxylic acids is 1. The lowest BCUT2D eigenvalue weighted by atomic mass is 10.1. The molecule has 8 heteroatoms. The Balaban J connectivity index is 2.41. The maximum atomic E-state index is 12.6. The highest BCUT2D eigenvalue weighted by atomic mass is 35.5. The molecule has 0 spiro atoms. The van der Waals surface area contributed by atoms with Crippen LogP contribution in [0.5, 0.6) is 11.5 Å². The fraction of sp³-hybridized carbons (Fsp3) is 0.188. The molecule has 0 radical (unpaired) electrons. The lowest BCUT2D eigenvalue weighted by Crippen LogP contribution is -2.14. The number of hydrogen-bond donors (Lipinski definition) is 1. The number of Topliss-reactive ketones (excluding diaryl/α,β-unsaturated/α-hetero) is 1. The summed E-state index contributed by atoms with van der Waals surface area (Å²) in [7, 11) is -1.20. The highest BCUT2D eigenvalue weighted by Gasteiger charge is 2.22. The zero-order valence-corrected chi connectivity index (χ0v) is 14.9. The van der Waals surface area contributed by atoms with Gasteiger partial charge in [-0.1, -0.05) is 11.6 Å². The second-order valence-electron chi connectivity index (χ2n) is 4.88. The molecule has 0 aliphatic heterocycles. The van der Waals surface area contributed by atoms with Crippen LogP contribution < -0.4 is 14.2 Å². The molecule has 24 heavy (non-hydrogen) atoms. The minimum Gasteiger partial charge on any atom is -0.495 e. The summed E-state index contributed by atoms with van der Waals surface area (Å²) in [5.74, 6) is 0.201. The molecule has 0 bridgehead atoms. The smallest absolute Gasteiger partial charge is 0.265 e. The Kier molecular flexibility index (Phi) is 5.36. The number of ketones is 1. The van der Waals surface area contributed by atoms with Gasteiger partial charge in [0.1, 0.15) is 16.4 Å². The molecule has 2 rings (SSSR count). The van der Waals surface area contributed by atoms with Gasteiger partial charge in [-0.3, -0.25) is 9.52 Å². The monoisotopic (exact) mass is 369 g/mol. The van der Waals surface area contributed by atoms with Gasteiger partial charge >= 0.3 is 0 Å². The second-order valence-corrected chi connectivity index (χ2v) is 6.93. The number of anilines is 1. The fourth-order valence-corrected chi connectivity index (χ4v) is 3.48. The average molecular weight is 370 g/mol. The quantitative estimate of drug-likeness (QED) is 0.789. The Hall–Kier alpha value is -2.25. The SMILES string of the molecule is COc1cc(S(=O)(=O)Nc2ccc(C(C)=O)cc2)c(OC)cc1Cl. The molecule has 0 fully saturated rings. The third-order valence-electron chi connectivity index (χ3n) is 3.27. The molecule has 0 heterocycles. The minimum absolute atomic E-state index is 0.0913. The van der Waals surface area contributed by atoms with Crippen LogP contribution in [0.15, 0.2) is 41.3 Å². The van der Waals surface area contributed by atoms with Crippen LogP contribution in [0.3, 0.4) is 0 Å². The van der Waals surface area contributed by atoms with Crippen LogP contribution in [0.1, 0.15) is 17.3 Å². The first-order valence-electron chi connectivity index (χ1n) is 6.84. The Morgan fingerprint density at radius 2 is 1.62 bits per heavy atom. The lowest BCUT2D eigenvalue weighted by molar-refractivity contribution is 0.101. The van der Waals surface area contributed by atoms with E-state index in [1.807, 2.05) is 0 Å². The van der Waals surface area contributed by atoms with Crippen molar-refractivity contribution in [1.82, 2.24) is 0 Å². The third-order valence-corrected chi connectivity index (χ3v) is 4.97. The highest BCUT2D eigenvalue weighted by molar-refractivity contribution is 7.92. The van der Waals surface area contributed by atoms with Gasteiger partial charge < -0.3 is 9.47 Å². The van der Waals surface area contributed by atoms with E-state index in [4.69, 9.17) is 21.1 Å². The normalized spacial score (nSPS) is 11.0. The van der Waals surface area contributed by atoms with Crippen LogP contribution in [0.25, 0.3) is 0 Å². The molecule has 6 nitrogen and oxygen atoms in total. The van der Waals surface area contributed by atoms with Crippen molar-refractivity contribution >= 4 is 33.1 Å². The molecule has 2 aromatic rings. The predicted molar refractivity (Wildman–Crippen MR) is 91.8 cm³/mol. The second kappa shape index (κ2) is 7.11. The first-order chi connectivity index (χ1) is 11.3. The molecule has 0 unspecified atom stereocenters. The number of hydrogen-bond acceptors (Lipinski definition) is 5. The number of benzene rings is 2. The van der Waals surface area contributed by atoms with Gasteiger partial charge in [0.15, 0.2) is 5.78 Å². The maximum absolute atomic E-state index is 12.6. The molecule has 0 aliphatic rings. The Morgan fingerprint density at radius 1 is 1.04 bits per heavy atom. The number of halogens is 1. The summed E-state index contributed by atoms with van der Waals surface area (Å²) >= 11 is 5.99. The molecule has 0 atom stereocenters. The molecule has 0 aromatic heterocycles. The summed E-state index contributed by atoms with van der Waals surface area (Å²) in [6, 6.07) is 8.75. The van der Waals surface area contributed by atoms with Gasteiger partial charge in [-0.2, -0.15) is 0 Å². The van der Waals surface area contributed by atoms with E-state index in [2.05, 4.69) is 4.72 Å². The lowest BCUT2D eigenvalue weighted by Gasteiger charge is -2.14. The van der Waals surface area contributed by atoms with Crippen molar-refractivity contribution < 1.29 is 22.7 Å². The van der Waals surface area contributed by atoms with Crippen LogP contribution in [-0.2, 0) is 10.0 Å². The molecule has 0 aliphatic carbocycles. The van der Waals surface area contributed by atoms with Crippen molar-refractivity contribution in [3.05, 3.63) is 47.0 Å². The van der Waals surface area contributed by atoms with E-state index in [1.54, 1.807) is 12.1 Å². The van der Waals surface area contributed by atoms with Crippen molar-refractivity contribution in [2.45, 2.75) is 11.8 Å². The zero-order chi connectivity index (χ0) is 17.9. The molecular formula is C16H16ClNO5S. The average Bonchev–Trinajstić information content (AvgIpc) is 2.54. The molecular weight excluding hydrogens is 354 g/mol. The van der Waals surface area contributed by atoms with Crippen molar-refractivity contribution in [1.29, 1.82) is 0 Å². The van der Waals surface area contributed by atoms with Gasteiger partial charge in [0.25, 0.3) is 10.0 Å². The van der Waals surface area contributed by atoms with E-state index in [1.165, 1.54) is 45.4 Å². The summed E-state index contributed by atoms with van der Waals surface area (Å²) in [5.41, 5.74) is 0.805. The van der Waals surface area contributed by atoms with Crippen molar-refractivity contribution in [2.75, 3.05) is 18.9 Å². The van der Waals surface area contributed by atoms with Crippen LogP contribution in [-0.4, -0.2) is 28.4 Å². The van der Waals surface area contributed by atoms with E-state index >= 15 is 0 Å². The largest absolute Gasteiger partial charge is 0.495 e. The summed E-state index contributed by atoms with van der Waals surface area (Å²) in [6.45, 7) is 1.43. The fourth-order valence-electron chi connectivity index (χ4n) is 2.03. The topological polar surface area (TPSA) is 81.7 Å². The molecule has 0 saturated carbocycles. The first-order valence-corrected chi connectivity index (χ1v) is 8.70. The number of carbonyl (C=O) groups is 1. The summed E-state index contributed by atoms with van der Waals surface area (Å²) in [6.07, 6.45) is 0. The van der Waals surface area contributed by atoms with Gasteiger partial charge in [0.2, 0.25) is 0 Å². The van der Waals surface area contributed by atoms with Crippen LogP contribution in [0.4, 0.5) is 5.69 Å². The van der Waals surface area contributed by atoms with Crippen LogP contribution >= 0.6 is 11.6 Å². The molecule has 1 N–H and O–H groups in total. The molecule has 0 amide bonds. The first kappa shape index (κ1) is 18.1. The standard InChI is InChI=1S/C16H16ClNO5S/c1-10(19)11-4-6-12(7-5-11)18-24(20,21)16-9-14(22-2)13(17)8-15(16)23-3/h4-9,18H,1-3H3. The zero-order valence-electron chi connectivity index (χ0n) is 13.3. The van der Waals surface area contributed by atoms with E-state index < -0.39 is 10.0 Å². The predicted octanol–water partition coefficient (Wildman–Crippen LogP) is 3.36. The van der Waals surface area contributed by atoms with E-state index in [0.29, 0.717) is 11.3 Å². The maximum Gasteiger partial charge on any atom is 0.265 e. The van der Waals surface area contributed by atoms with Gasteiger partial charge in [0, 0.05) is 23.4 Å². The summed E-state index contributed by atoms with van der Waals surface area (Å²) < 4.78 is 37.8. The number of methoxy groups -OCH3 is 2. The third kappa shape index (κ3) is 3.80. The van der Waals surface area contributed by atoms with E-state index in [0.717, 1.165) is 0 Å². The molecule has 128 valence electrons. The van der Waals surface area contributed by atoms with Crippen molar-refractivity contribution in [3.8, 4) is 11.5 Å². The van der Waals surface area contributed by atoms with Crippen LogP contribution in [0, 0.1) is 0 Å². The van der Waals surface area contributed by atoms with E-state index in [-0.39, 0.29) is 27.2 Å². The number of ether oxygens (including phenoxy) is 2. The Bertz CT molecular complexity index is 863. The Labute approximate surface area is 145 Å². The summed E-state index contributed by atoms with van der Waals surface area (Å²) in [5, 5.41) is 0.235. The van der Waals surface area contributed by atoms with Gasteiger partial charge in [-0.25, -0.2) is 8.42 Å². The van der Waals surface area contributed by atoms with Crippen LogP contribution in [0.2, 0.25) is 5.02 Å². The number of nitrogens with one attached hydrogen (secondary N) is 1. The van der Waals surface area contributed by atoms with Crippen molar-refractivity contribution in [3.63, 3.8) is 0 Å². The number of rotatable bonds is 6. The Morgan fingerprint density at radius 3 is 2.12 bits per heavy atom.